The first-order valence-corrected chi connectivity index (χ1v) is 16.8. The first-order chi connectivity index (χ1) is 22.4. The number of carbonyl (C=O) groups is 1. The molecule has 1 amide bonds. The summed E-state index contributed by atoms with van der Waals surface area (Å²) in [4.78, 5) is 33.9. The predicted octanol–water partition coefficient (Wildman–Crippen LogP) is 5.08. The van der Waals surface area contributed by atoms with Gasteiger partial charge < -0.3 is 14.5 Å². The molecule has 9 heterocycles. The second kappa shape index (κ2) is 10.7. The number of nitrogens with zero attached hydrogens (tertiary/aromatic N) is 7. The Hall–Kier alpha value is -3.64. The van der Waals surface area contributed by atoms with E-state index in [-0.39, 0.29) is 35.8 Å². The van der Waals surface area contributed by atoms with Crippen molar-refractivity contribution in [2.45, 2.75) is 69.1 Å². The first kappa shape index (κ1) is 28.6. The number of amides is 1. The van der Waals surface area contributed by atoms with Crippen molar-refractivity contribution in [1.82, 2.24) is 34.9 Å². The van der Waals surface area contributed by atoms with E-state index in [1.807, 2.05) is 11.0 Å². The largest absolute Gasteiger partial charge is 0.461 e. The Bertz CT molecular complexity index is 1890. The first-order valence-electron chi connectivity index (χ1n) is 16.5. The minimum absolute atomic E-state index is 0.0617. The van der Waals surface area contributed by atoms with Gasteiger partial charge in [0, 0.05) is 67.1 Å². The number of nitrogens with one attached hydrogen (secondary N) is 1. The zero-order valence-electron chi connectivity index (χ0n) is 25.4. The number of alkyl halides is 1. The van der Waals surface area contributed by atoms with Gasteiger partial charge in [0.2, 0.25) is 5.91 Å². The summed E-state index contributed by atoms with van der Waals surface area (Å²) in [5.41, 5.74) is 1.85. The van der Waals surface area contributed by atoms with Gasteiger partial charge in [-0.25, -0.2) is 8.78 Å². The lowest BCUT2D eigenvalue weighted by atomic mass is 9.81. The van der Waals surface area contributed by atoms with Crippen LogP contribution in [0.5, 0.6) is 6.01 Å². The van der Waals surface area contributed by atoms with Crippen molar-refractivity contribution in [3.05, 3.63) is 34.9 Å². The van der Waals surface area contributed by atoms with E-state index in [4.69, 9.17) is 26.3 Å². The molecule has 4 atom stereocenters. The number of halogens is 3. The second-order valence-corrected chi connectivity index (χ2v) is 14.1. The maximum Gasteiger partial charge on any atom is 0.319 e. The number of ether oxygens (including phenoxy) is 1. The normalized spacial score (nSPS) is 27.9. The molecule has 6 aliphatic heterocycles. The zero-order valence-corrected chi connectivity index (χ0v) is 26.2. The third-order valence-corrected chi connectivity index (χ3v) is 11.5. The highest BCUT2D eigenvalue weighted by molar-refractivity contribution is 6.33. The summed E-state index contributed by atoms with van der Waals surface area (Å²) >= 11 is 6.83. The van der Waals surface area contributed by atoms with E-state index in [1.54, 1.807) is 12.4 Å². The van der Waals surface area contributed by atoms with Crippen LogP contribution in [0, 0.1) is 11.7 Å². The van der Waals surface area contributed by atoms with Crippen molar-refractivity contribution in [3.63, 3.8) is 0 Å². The molecule has 6 aliphatic rings. The molecule has 0 spiro atoms. The average molecular weight is 649 g/mol. The van der Waals surface area contributed by atoms with E-state index in [2.05, 4.69) is 25.0 Å². The highest BCUT2D eigenvalue weighted by Gasteiger charge is 2.50. The van der Waals surface area contributed by atoms with Crippen molar-refractivity contribution in [2.75, 3.05) is 44.2 Å². The van der Waals surface area contributed by atoms with Gasteiger partial charge in [-0.2, -0.15) is 15.1 Å². The maximum absolute atomic E-state index is 17.0. The van der Waals surface area contributed by atoms with Gasteiger partial charge >= 0.3 is 6.01 Å². The van der Waals surface area contributed by atoms with E-state index in [0.29, 0.717) is 90.3 Å². The van der Waals surface area contributed by atoms with Crippen molar-refractivity contribution >= 4 is 45.1 Å². The van der Waals surface area contributed by atoms with Crippen molar-refractivity contribution in [1.29, 1.82) is 0 Å². The quantitative estimate of drug-likeness (QED) is 0.328. The van der Waals surface area contributed by atoms with Crippen LogP contribution in [0.25, 0.3) is 33.1 Å². The van der Waals surface area contributed by atoms with E-state index < -0.39 is 17.5 Å². The lowest BCUT2D eigenvalue weighted by Gasteiger charge is -2.53. The summed E-state index contributed by atoms with van der Waals surface area (Å²) in [6.07, 6.45) is 7.99. The Morgan fingerprint density at radius 3 is 2.89 bits per heavy atom. The SMILES string of the molecule is O=C1CCCCc2c(Cl)cc3[nH]ncc3c2-c2ncc3c(nc(OC[C@@]45CCCN4C[C@H](F)C5)nc3c2F)N2CCC3CN1[C@H]3C2. The molecule has 0 aliphatic carbocycles. The standard InChI is InChI=1S/C33H35ClF2N8O2/c34-23-10-24-21(13-38-41-24)27-20(23)4-1-2-5-26(45)44-14-18-6-9-42(16-25(18)44)31-22-12-37-30(27)28(36)29(22)39-32(40-31)46-17-33-7-3-8-43(33)15-19(35)11-33/h10,12-13,18-19,25H,1-9,11,14-17H2,(H,38,41)/t18?,19-,25+,33+/m1/s1. The smallest absolute Gasteiger partial charge is 0.319 e. The number of H-pyrrole nitrogens is 1. The van der Waals surface area contributed by atoms with Gasteiger partial charge in [0.05, 0.1) is 28.7 Å². The minimum Gasteiger partial charge on any atom is -0.461 e. The van der Waals surface area contributed by atoms with Crippen LogP contribution in [0.15, 0.2) is 18.5 Å². The Balaban J connectivity index is 1.21. The Morgan fingerprint density at radius 2 is 1.98 bits per heavy atom. The Kier molecular flexibility index (Phi) is 6.64. The number of rotatable bonds is 3. The summed E-state index contributed by atoms with van der Waals surface area (Å²) in [5, 5.41) is 8.85. The number of aromatic nitrogens is 5. The summed E-state index contributed by atoms with van der Waals surface area (Å²) in [6, 6.07) is 1.95. The van der Waals surface area contributed by atoms with Gasteiger partial charge in [-0.15, -0.1) is 0 Å². The number of anilines is 1. The van der Waals surface area contributed by atoms with Gasteiger partial charge in [0.1, 0.15) is 29.8 Å². The maximum atomic E-state index is 17.0. The molecule has 3 aromatic heterocycles. The number of fused-ring (bicyclic) bond motifs is 7. The molecule has 0 radical (unpaired) electrons. The number of aromatic amines is 1. The van der Waals surface area contributed by atoms with Gasteiger partial charge in [-0.05, 0) is 56.7 Å². The lowest BCUT2D eigenvalue weighted by molar-refractivity contribution is -0.144. The fourth-order valence-electron chi connectivity index (χ4n) is 8.76. The van der Waals surface area contributed by atoms with Crippen LogP contribution in [-0.4, -0.2) is 97.9 Å². The third-order valence-electron chi connectivity index (χ3n) is 11.2. The third kappa shape index (κ3) is 4.39. The minimum atomic E-state index is -0.893. The van der Waals surface area contributed by atoms with Crippen LogP contribution in [0.1, 0.15) is 50.5 Å². The van der Waals surface area contributed by atoms with Crippen LogP contribution in [0.4, 0.5) is 14.6 Å². The average Bonchev–Trinajstić information content (AvgIpc) is 3.73. The van der Waals surface area contributed by atoms with Crippen LogP contribution < -0.4 is 9.64 Å². The molecule has 240 valence electrons. The van der Waals surface area contributed by atoms with Gasteiger partial charge in [-0.1, -0.05) is 11.6 Å². The molecular weight excluding hydrogens is 614 g/mol. The highest BCUT2D eigenvalue weighted by atomic mass is 35.5. The van der Waals surface area contributed by atoms with E-state index in [9.17, 15) is 9.18 Å². The predicted molar refractivity (Wildman–Crippen MR) is 169 cm³/mol. The van der Waals surface area contributed by atoms with Crippen molar-refractivity contribution < 1.29 is 18.3 Å². The Morgan fingerprint density at radius 1 is 1.09 bits per heavy atom. The fraction of sp³-hybridized carbons (Fsp3) is 0.545. The Labute approximate surface area is 269 Å². The number of pyridine rings is 1. The molecular formula is C33H35ClF2N8O2. The zero-order chi connectivity index (χ0) is 31.2. The second-order valence-electron chi connectivity index (χ2n) is 13.7. The highest BCUT2D eigenvalue weighted by Crippen LogP contribution is 2.43. The molecule has 1 unspecified atom stereocenters. The molecule has 0 saturated carbocycles. The number of benzene rings is 1. The van der Waals surface area contributed by atoms with Gasteiger partial charge in [0.15, 0.2) is 5.82 Å². The molecule has 10 nitrogen and oxygen atoms in total. The molecule has 4 saturated heterocycles. The molecule has 10 rings (SSSR count). The molecule has 13 heteroatoms. The van der Waals surface area contributed by atoms with Crippen molar-refractivity contribution in [3.8, 4) is 17.3 Å². The topological polar surface area (TPSA) is 103 Å². The molecule has 1 aromatic carbocycles. The summed E-state index contributed by atoms with van der Waals surface area (Å²) in [5.74, 6) is 0.571. The summed E-state index contributed by atoms with van der Waals surface area (Å²) in [7, 11) is 0. The lowest BCUT2D eigenvalue weighted by Crippen LogP contribution is -2.65. The van der Waals surface area contributed by atoms with E-state index in [1.165, 1.54) is 0 Å². The fourth-order valence-corrected chi connectivity index (χ4v) is 9.06. The molecule has 4 aromatic rings. The van der Waals surface area contributed by atoms with Crippen LogP contribution >= 0.6 is 11.6 Å². The van der Waals surface area contributed by atoms with Crippen LogP contribution in [-0.2, 0) is 11.2 Å². The van der Waals surface area contributed by atoms with E-state index >= 15 is 4.39 Å². The monoisotopic (exact) mass is 648 g/mol. The summed E-state index contributed by atoms with van der Waals surface area (Å²) in [6.45, 7) is 3.57. The van der Waals surface area contributed by atoms with Crippen LogP contribution in [0.3, 0.4) is 0 Å². The van der Waals surface area contributed by atoms with Gasteiger partial charge in [-0.3, -0.25) is 19.8 Å². The molecule has 1 N–H and O–H groups in total. The molecule has 46 heavy (non-hydrogen) atoms. The number of carbonyl (C=O) groups excluding carboxylic acids is 1. The van der Waals surface area contributed by atoms with Crippen molar-refractivity contribution in [2.24, 2.45) is 5.92 Å². The molecule has 4 fully saturated rings. The number of hydrogen-bond acceptors (Lipinski definition) is 8. The van der Waals surface area contributed by atoms with Gasteiger partial charge in [0.25, 0.3) is 0 Å². The number of hydrogen-bond donors (Lipinski definition) is 1. The summed E-state index contributed by atoms with van der Waals surface area (Å²) < 4.78 is 37.9. The molecule has 6 bridgehead atoms. The number of piperidine rings is 1. The van der Waals surface area contributed by atoms with E-state index in [0.717, 1.165) is 37.9 Å². The van der Waals surface area contributed by atoms with Crippen LogP contribution in [0.2, 0.25) is 5.02 Å².